The number of rotatable bonds is 1. The van der Waals surface area contributed by atoms with Gasteiger partial charge in [-0.05, 0) is 18.1 Å². The van der Waals surface area contributed by atoms with Crippen LogP contribution >= 0.6 is 0 Å². The molecular weight excluding hydrogens is 132 g/mol. The topological polar surface area (TPSA) is 63.8 Å². The lowest BCUT2D eigenvalue weighted by molar-refractivity contribution is 0.140. The summed E-state index contributed by atoms with van der Waals surface area (Å²) in [5.74, 6) is 0.454. The quantitative estimate of drug-likeness (QED) is 0.554. The lowest BCUT2D eigenvalue weighted by Gasteiger charge is -1.96. The highest BCUT2D eigenvalue weighted by Gasteiger charge is 2.46. The number of aryl methyl sites for hydroxylation is 1. The highest BCUT2D eigenvalue weighted by atomic mass is 16.3. The Morgan fingerprint density at radius 1 is 1.60 bits per heavy atom. The van der Waals surface area contributed by atoms with E-state index in [2.05, 4.69) is 15.4 Å². The van der Waals surface area contributed by atoms with Crippen molar-refractivity contribution in [1.82, 2.24) is 20.2 Å². The van der Waals surface area contributed by atoms with Crippen LogP contribution in [0, 0.1) is 0 Å². The summed E-state index contributed by atoms with van der Waals surface area (Å²) in [6, 6.07) is 0. The van der Waals surface area contributed by atoms with E-state index in [1.807, 2.05) is 0 Å². The minimum absolute atomic E-state index is 0.454. The molecule has 2 rings (SSSR count). The van der Waals surface area contributed by atoms with Gasteiger partial charge < -0.3 is 5.11 Å². The first kappa shape index (κ1) is 5.79. The van der Waals surface area contributed by atoms with E-state index in [1.165, 1.54) is 4.80 Å². The summed E-state index contributed by atoms with van der Waals surface area (Å²) in [4.78, 5) is 1.35. The molecule has 1 aromatic rings. The highest BCUT2D eigenvalue weighted by Crippen LogP contribution is 2.42. The third-order valence-electron chi connectivity index (χ3n) is 1.65. The van der Waals surface area contributed by atoms with Gasteiger partial charge in [0.1, 0.15) is 5.60 Å². The van der Waals surface area contributed by atoms with Gasteiger partial charge >= 0.3 is 0 Å². The van der Waals surface area contributed by atoms with Gasteiger partial charge in [-0.2, -0.15) is 4.80 Å². The van der Waals surface area contributed by atoms with Crippen molar-refractivity contribution < 1.29 is 5.11 Å². The maximum Gasteiger partial charge on any atom is 0.206 e. The van der Waals surface area contributed by atoms with Crippen LogP contribution in [0.3, 0.4) is 0 Å². The van der Waals surface area contributed by atoms with Gasteiger partial charge in [0.05, 0.1) is 7.05 Å². The maximum absolute atomic E-state index is 9.44. The molecule has 5 heteroatoms. The van der Waals surface area contributed by atoms with Crippen LogP contribution in [0.4, 0.5) is 0 Å². The second-order valence-corrected chi connectivity index (χ2v) is 2.63. The van der Waals surface area contributed by atoms with Crippen LogP contribution in [0.25, 0.3) is 0 Å². The SMILES string of the molecule is Cn1nnc(C2(O)CC2)n1. The lowest BCUT2D eigenvalue weighted by Crippen LogP contribution is -2.07. The van der Waals surface area contributed by atoms with E-state index in [-0.39, 0.29) is 0 Å². The maximum atomic E-state index is 9.44. The molecule has 1 fully saturated rings. The van der Waals surface area contributed by atoms with Crippen LogP contribution < -0.4 is 0 Å². The first-order valence-corrected chi connectivity index (χ1v) is 3.18. The summed E-state index contributed by atoms with van der Waals surface area (Å²) in [6.45, 7) is 0. The third-order valence-corrected chi connectivity index (χ3v) is 1.65. The molecule has 0 bridgehead atoms. The Bertz CT molecular complexity index is 252. The van der Waals surface area contributed by atoms with Crippen LogP contribution in [0.15, 0.2) is 0 Å². The van der Waals surface area contributed by atoms with Crippen molar-refractivity contribution in [2.45, 2.75) is 18.4 Å². The highest BCUT2D eigenvalue weighted by molar-refractivity contribution is 5.07. The molecule has 5 nitrogen and oxygen atoms in total. The zero-order valence-electron chi connectivity index (χ0n) is 5.65. The Balaban J connectivity index is 2.34. The Hall–Kier alpha value is -0.970. The zero-order chi connectivity index (χ0) is 7.19. The Kier molecular flexibility index (Phi) is 0.894. The second-order valence-electron chi connectivity index (χ2n) is 2.63. The van der Waals surface area contributed by atoms with E-state index < -0.39 is 5.60 Å². The molecule has 0 spiro atoms. The number of nitrogens with zero attached hydrogens (tertiary/aromatic N) is 4. The van der Waals surface area contributed by atoms with Gasteiger partial charge in [0.15, 0.2) is 0 Å². The minimum Gasteiger partial charge on any atom is -0.382 e. The predicted molar refractivity (Wildman–Crippen MR) is 31.9 cm³/mol. The summed E-state index contributed by atoms with van der Waals surface area (Å²) in [7, 11) is 1.68. The van der Waals surface area contributed by atoms with E-state index in [0.717, 1.165) is 12.8 Å². The van der Waals surface area contributed by atoms with Gasteiger partial charge in [-0.25, -0.2) is 0 Å². The van der Waals surface area contributed by atoms with Crippen molar-refractivity contribution in [2.24, 2.45) is 7.05 Å². The molecule has 0 saturated heterocycles. The second kappa shape index (κ2) is 1.54. The van der Waals surface area contributed by atoms with Crippen molar-refractivity contribution >= 4 is 0 Å². The summed E-state index contributed by atoms with van der Waals surface area (Å²) in [5, 5.41) is 20.6. The number of aliphatic hydroxyl groups is 1. The fraction of sp³-hybridized carbons (Fsp3) is 0.800. The average molecular weight is 140 g/mol. The molecule has 1 aliphatic rings. The molecule has 0 radical (unpaired) electrons. The smallest absolute Gasteiger partial charge is 0.206 e. The molecule has 0 atom stereocenters. The molecule has 0 aromatic carbocycles. The molecular formula is C5H8N4O. The van der Waals surface area contributed by atoms with Crippen LogP contribution in [-0.2, 0) is 12.6 Å². The Morgan fingerprint density at radius 3 is 2.70 bits per heavy atom. The largest absolute Gasteiger partial charge is 0.382 e. The van der Waals surface area contributed by atoms with E-state index in [1.54, 1.807) is 7.05 Å². The molecule has 1 saturated carbocycles. The first-order chi connectivity index (χ1) is 4.71. The molecule has 10 heavy (non-hydrogen) atoms. The number of hydrogen-bond acceptors (Lipinski definition) is 4. The van der Waals surface area contributed by atoms with Crippen molar-refractivity contribution in [2.75, 3.05) is 0 Å². The number of aromatic nitrogens is 4. The predicted octanol–water partition coefficient (Wildman–Crippen LogP) is -0.809. The van der Waals surface area contributed by atoms with Gasteiger partial charge in [-0.15, -0.1) is 10.2 Å². The van der Waals surface area contributed by atoms with Gasteiger partial charge in [0.2, 0.25) is 5.82 Å². The van der Waals surface area contributed by atoms with Crippen molar-refractivity contribution in [1.29, 1.82) is 0 Å². The van der Waals surface area contributed by atoms with Crippen molar-refractivity contribution in [3.63, 3.8) is 0 Å². The number of hydrogen-bond donors (Lipinski definition) is 1. The molecule has 1 N–H and O–H groups in total. The first-order valence-electron chi connectivity index (χ1n) is 3.18. The van der Waals surface area contributed by atoms with E-state index in [0.29, 0.717) is 5.82 Å². The molecule has 0 aliphatic heterocycles. The zero-order valence-corrected chi connectivity index (χ0v) is 5.65. The minimum atomic E-state index is -0.742. The molecule has 0 unspecified atom stereocenters. The Morgan fingerprint density at radius 2 is 2.30 bits per heavy atom. The monoisotopic (exact) mass is 140 g/mol. The Labute approximate surface area is 57.7 Å². The molecule has 1 aromatic heterocycles. The fourth-order valence-corrected chi connectivity index (χ4v) is 0.812. The van der Waals surface area contributed by atoms with Gasteiger partial charge in [-0.1, -0.05) is 0 Å². The standard InChI is InChI=1S/C5H8N4O/c1-9-7-4(6-8-9)5(10)2-3-5/h10H,2-3H2,1H3. The van der Waals surface area contributed by atoms with Crippen molar-refractivity contribution in [3.05, 3.63) is 5.82 Å². The van der Waals surface area contributed by atoms with E-state index in [4.69, 9.17) is 0 Å². The van der Waals surface area contributed by atoms with Gasteiger partial charge in [-0.3, -0.25) is 0 Å². The molecule has 1 heterocycles. The van der Waals surface area contributed by atoms with Gasteiger partial charge in [0.25, 0.3) is 0 Å². The van der Waals surface area contributed by atoms with E-state index in [9.17, 15) is 5.11 Å². The van der Waals surface area contributed by atoms with E-state index >= 15 is 0 Å². The summed E-state index contributed by atoms with van der Waals surface area (Å²) in [6.07, 6.45) is 1.53. The lowest BCUT2D eigenvalue weighted by atomic mass is 10.3. The van der Waals surface area contributed by atoms with Gasteiger partial charge in [0, 0.05) is 0 Å². The molecule has 54 valence electrons. The summed E-state index contributed by atoms with van der Waals surface area (Å²) >= 11 is 0. The normalized spacial score (nSPS) is 21.0. The van der Waals surface area contributed by atoms with Crippen LogP contribution in [-0.4, -0.2) is 25.3 Å². The average Bonchev–Trinajstić information content (AvgIpc) is 2.45. The molecule has 0 amide bonds. The van der Waals surface area contributed by atoms with Crippen LogP contribution in [0.5, 0.6) is 0 Å². The third kappa shape index (κ3) is 0.706. The summed E-state index contributed by atoms with van der Waals surface area (Å²) in [5.41, 5.74) is -0.742. The van der Waals surface area contributed by atoms with Crippen molar-refractivity contribution in [3.8, 4) is 0 Å². The van der Waals surface area contributed by atoms with Crippen LogP contribution in [0.2, 0.25) is 0 Å². The van der Waals surface area contributed by atoms with Crippen LogP contribution in [0.1, 0.15) is 18.7 Å². The number of tetrazole rings is 1. The molecule has 1 aliphatic carbocycles. The fourth-order valence-electron chi connectivity index (χ4n) is 0.812. The summed E-state index contributed by atoms with van der Waals surface area (Å²) < 4.78 is 0.